The van der Waals surface area contributed by atoms with E-state index in [0.717, 1.165) is 43.0 Å². The number of aliphatic imine (C=N–C) groups is 1. The highest BCUT2D eigenvalue weighted by molar-refractivity contribution is 8.14. The third-order valence-electron chi connectivity index (χ3n) is 3.86. The molecule has 4 heteroatoms. The van der Waals surface area contributed by atoms with Crippen molar-refractivity contribution in [1.82, 2.24) is 5.32 Å². The fraction of sp³-hybridized carbons (Fsp3) is 0.588. The van der Waals surface area contributed by atoms with E-state index in [1.807, 2.05) is 42.1 Å². The molecule has 0 amide bonds. The van der Waals surface area contributed by atoms with Gasteiger partial charge in [-0.25, -0.2) is 0 Å². The summed E-state index contributed by atoms with van der Waals surface area (Å²) in [6, 6.07) is 9.97. The molecule has 0 aromatic heterocycles. The third kappa shape index (κ3) is 5.27. The first-order valence-corrected chi connectivity index (χ1v) is 8.84. The van der Waals surface area contributed by atoms with E-state index in [2.05, 4.69) is 24.2 Å². The first-order chi connectivity index (χ1) is 10.3. The van der Waals surface area contributed by atoms with Crippen molar-refractivity contribution in [2.75, 3.05) is 19.7 Å². The minimum absolute atomic E-state index is 0.670. The molecule has 0 saturated heterocycles. The fourth-order valence-electron chi connectivity index (χ4n) is 2.52. The van der Waals surface area contributed by atoms with E-state index < -0.39 is 0 Å². The van der Waals surface area contributed by atoms with Crippen LogP contribution in [-0.2, 0) is 0 Å². The van der Waals surface area contributed by atoms with Crippen LogP contribution < -0.4 is 10.1 Å². The van der Waals surface area contributed by atoms with Gasteiger partial charge in [-0.3, -0.25) is 4.99 Å². The smallest absolute Gasteiger partial charge is 0.156 e. The van der Waals surface area contributed by atoms with E-state index >= 15 is 0 Å². The Hall–Kier alpha value is -1.16. The summed E-state index contributed by atoms with van der Waals surface area (Å²) >= 11 is 1.92. The molecule has 1 aromatic rings. The summed E-state index contributed by atoms with van der Waals surface area (Å²) in [5, 5.41) is 5.22. The van der Waals surface area contributed by atoms with Crippen molar-refractivity contribution in [2.24, 2.45) is 10.9 Å². The number of para-hydroxylation sites is 1. The van der Waals surface area contributed by atoms with Crippen molar-refractivity contribution >= 4 is 16.9 Å². The predicted molar refractivity (Wildman–Crippen MR) is 92.3 cm³/mol. The van der Waals surface area contributed by atoms with Gasteiger partial charge in [0.15, 0.2) is 5.17 Å². The number of thioether (sulfide) groups is 1. The molecule has 3 nitrogen and oxygen atoms in total. The van der Waals surface area contributed by atoms with Gasteiger partial charge in [0.25, 0.3) is 0 Å². The monoisotopic (exact) mass is 306 g/mol. The number of nitrogens with one attached hydrogen (secondary N) is 1. The highest BCUT2D eigenvalue weighted by atomic mass is 32.2. The summed E-state index contributed by atoms with van der Waals surface area (Å²) in [5.74, 6) is 1.73. The maximum Gasteiger partial charge on any atom is 0.156 e. The van der Waals surface area contributed by atoms with Crippen molar-refractivity contribution in [2.45, 2.75) is 38.4 Å². The third-order valence-corrected chi connectivity index (χ3v) is 5.20. The van der Waals surface area contributed by atoms with Crippen LogP contribution in [0.1, 0.15) is 33.1 Å². The number of rotatable bonds is 8. The Bertz CT molecular complexity index is 432. The first-order valence-electron chi connectivity index (χ1n) is 7.96. The Morgan fingerprint density at radius 1 is 1.29 bits per heavy atom. The molecule has 0 saturated carbocycles. The van der Waals surface area contributed by atoms with Gasteiger partial charge in [0.2, 0.25) is 0 Å². The van der Waals surface area contributed by atoms with Gasteiger partial charge in [-0.2, -0.15) is 0 Å². The highest BCUT2D eigenvalue weighted by Crippen LogP contribution is 2.30. The second kappa shape index (κ2) is 8.98. The number of ether oxygens (including phenoxy) is 1. The van der Waals surface area contributed by atoms with Crippen molar-refractivity contribution in [3.05, 3.63) is 30.3 Å². The molecule has 0 spiro atoms. The number of benzene rings is 1. The van der Waals surface area contributed by atoms with Gasteiger partial charge in [0.1, 0.15) is 5.75 Å². The molecule has 1 aliphatic rings. The molecule has 0 fully saturated rings. The number of hydrogen-bond acceptors (Lipinski definition) is 4. The molecule has 1 heterocycles. The largest absolute Gasteiger partial charge is 0.494 e. The van der Waals surface area contributed by atoms with E-state index in [4.69, 9.17) is 4.74 Å². The molecule has 1 unspecified atom stereocenters. The molecule has 116 valence electrons. The van der Waals surface area contributed by atoms with Gasteiger partial charge in [-0.15, -0.1) is 0 Å². The lowest BCUT2D eigenvalue weighted by Crippen LogP contribution is -2.23. The van der Waals surface area contributed by atoms with Crippen LogP contribution in [0.2, 0.25) is 0 Å². The molecule has 0 bridgehead atoms. The molecular formula is C17H26N2OS. The summed E-state index contributed by atoms with van der Waals surface area (Å²) in [6.07, 6.45) is 3.49. The zero-order chi connectivity index (χ0) is 14.9. The minimum atomic E-state index is 0.670. The number of hydrogen-bond donors (Lipinski definition) is 1. The average molecular weight is 306 g/mol. The van der Waals surface area contributed by atoms with Gasteiger partial charge in [-0.1, -0.05) is 56.7 Å². The van der Waals surface area contributed by atoms with Crippen molar-refractivity contribution in [3.8, 4) is 5.75 Å². The van der Waals surface area contributed by atoms with E-state index in [0.29, 0.717) is 5.25 Å². The van der Waals surface area contributed by atoms with Gasteiger partial charge in [0.05, 0.1) is 13.2 Å². The van der Waals surface area contributed by atoms with Crippen molar-refractivity contribution in [3.63, 3.8) is 0 Å². The molecule has 1 N–H and O–H groups in total. The van der Waals surface area contributed by atoms with Crippen LogP contribution in [0.15, 0.2) is 35.3 Å². The summed E-state index contributed by atoms with van der Waals surface area (Å²) in [5.41, 5.74) is 0. The fourth-order valence-corrected chi connectivity index (χ4v) is 3.87. The Labute approximate surface area is 132 Å². The highest BCUT2D eigenvalue weighted by Gasteiger charge is 2.25. The van der Waals surface area contributed by atoms with Crippen LogP contribution in [0.5, 0.6) is 5.75 Å². The Morgan fingerprint density at radius 3 is 2.76 bits per heavy atom. The van der Waals surface area contributed by atoms with E-state index in [1.165, 1.54) is 12.8 Å². The van der Waals surface area contributed by atoms with Crippen LogP contribution in [0.3, 0.4) is 0 Å². The zero-order valence-corrected chi connectivity index (χ0v) is 13.9. The first kappa shape index (κ1) is 16.2. The minimum Gasteiger partial charge on any atom is -0.494 e. The average Bonchev–Trinajstić information content (AvgIpc) is 2.98. The topological polar surface area (TPSA) is 33.6 Å². The Morgan fingerprint density at radius 2 is 2.05 bits per heavy atom. The molecular weight excluding hydrogens is 280 g/mol. The van der Waals surface area contributed by atoms with Crippen LogP contribution in [0.25, 0.3) is 0 Å². The predicted octanol–water partition coefficient (Wildman–Crippen LogP) is 3.95. The summed E-state index contributed by atoms with van der Waals surface area (Å²) in [7, 11) is 0. The second-order valence-electron chi connectivity index (χ2n) is 5.32. The second-order valence-corrected chi connectivity index (χ2v) is 6.55. The van der Waals surface area contributed by atoms with E-state index in [1.54, 1.807) is 0 Å². The summed E-state index contributed by atoms with van der Waals surface area (Å²) in [6.45, 7) is 7.20. The molecule has 1 aliphatic heterocycles. The van der Waals surface area contributed by atoms with Gasteiger partial charge >= 0.3 is 0 Å². The molecule has 0 radical (unpaired) electrons. The number of nitrogens with zero attached hydrogens (tertiary/aromatic N) is 1. The van der Waals surface area contributed by atoms with Crippen LogP contribution in [0.4, 0.5) is 0 Å². The molecule has 1 aromatic carbocycles. The lowest BCUT2D eigenvalue weighted by molar-refractivity contribution is 0.311. The van der Waals surface area contributed by atoms with Crippen LogP contribution in [0, 0.1) is 5.92 Å². The van der Waals surface area contributed by atoms with Crippen molar-refractivity contribution in [1.29, 1.82) is 0 Å². The van der Waals surface area contributed by atoms with E-state index in [-0.39, 0.29) is 0 Å². The molecule has 21 heavy (non-hydrogen) atoms. The quantitative estimate of drug-likeness (QED) is 0.738. The SMILES string of the molecule is CCC(CC)C1CN=C(NCCCOc2ccccc2)S1. The Kier molecular flexibility index (Phi) is 6.93. The van der Waals surface area contributed by atoms with Crippen LogP contribution >= 0.6 is 11.8 Å². The normalized spacial score (nSPS) is 17.9. The number of amidine groups is 1. The maximum atomic E-state index is 5.68. The molecule has 1 atom stereocenters. The Balaban J connectivity index is 1.58. The van der Waals surface area contributed by atoms with Gasteiger partial charge in [0, 0.05) is 11.8 Å². The maximum absolute atomic E-state index is 5.68. The molecule has 0 aliphatic carbocycles. The standard InChI is InChI=1S/C17H26N2OS/c1-3-14(4-2)16-13-19-17(21-16)18-11-8-12-20-15-9-6-5-7-10-15/h5-7,9-10,14,16H,3-4,8,11-13H2,1-2H3,(H,18,19). The summed E-state index contributed by atoms with van der Waals surface area (Å²) in [4.78, 5) is 4.62. The lowest BCUT2D eigenvalue weighted by atomic mass is 9.99. The molecule has 2 rings (SSSR count). The summed E-state index contributed by atoms with van der Waals surface area (Å²) < 4.78 is 5.68. The van der Waals surface area contributed by atoms with Crippen molar-refractivity contribution < 1.29 is 4.74 Å². The van der Waals surface area contributed by atoms with Gasteiger partial charge < -0.3 is 10.1 Å². The van der Waals surface area contributed by atoms with Crippen LogP contribution in [-0.4, -0.2) is 30.1 Å². The van der Waals surface area contributed by atoms with E-state index in [9.17, 15) is 0 Å². The lowest BCUT2D eigenvalue weighted by Gasteiger charge is -2.18. The van der Waals surface area contributed by atoms with Gasteiger partial charge in [-0.05, 0) is 24.5 Å². The zero-order valence-electron chi connectivity index (χ0n) is 13.0.